The van der Waals surface area contributed by atoms with Gasteiger partial charge in [0.1, 0.15) is 11.4 Å². The molecule has 1 unspecified atom stereocenters. The molecule has 0 spiro atoms. The van der Waals surface area contributed by atoms with Crippen LogP contribution in [0.5, 0.6) is 5.75 Å². The minimum absolute atomic E-state index is 0.116. The first kappa shape index (κ1) is 17.8. The molecule has 0 saturated carbocycles. The Hall–Kier alpha value is -3.60. The summed E-state index contributed by atoms with van der Waals surface area (Å²) in [6.45, 7) is 1.96. The van der Waals surface area contributed by atoms with Crippen molar-refractivity contribution in [3.05, 3.63) is 90.3 Å². The molecule has 5 heteroatoms. The number of nitrogens with one attached hydrogen (secondary N) is 1. The molecule has 1 atom stereocenters. The monoisotopic (exact) mass is 371 g/mol. The van der Waals surface area contributed by atoms with E-state index in [0.29, 0.717) is 5.56 Å². The second kappa shape index (κ2) is 7.56. The smallest absolute Gasteiger partial charge is 0.251 e. The van der Waals surface area contributed by atoms with Crippen LogP contribution in [0.4, 0.5) is 0 Å². The minimum atomic E-state index is -0.130. The van der Waals surface area contributed by atoms with Crippen LogP contribution in [0, 0.1) is 0 Å². The molecule has 2 aromatic carbocycles. The summed E-state index contributed by atoms with van der Waals surface area (Å²) < 4.78 is 7.10. The molecule has 1 amide bonds. The average Bonchev–Trinajstić information content (AvgIpc) is 3.18. The summed E-state index contributed by atoms with van der Waals surface area (Å²) in [6.07, 6.45) is 3.83. The Morgan fingerprint density at radius 3 is 2.54 bits per heavy atom. The van der Waals surface area contributed by atoms with Crippen molar-refractivity contribution in [3.63, 3.8) is 0 Å². The average molecular weight is 371 g/mol. The third kappa shape index (κ3) is 3.60. The summed E-state index contributed by atoms with van der Waals surface area (Å²) in [5.41, 5.74) is 4.26. The van der Waals surface area contributed by atoms with E-state index in [2.05, 4.69) is 10.3 Å². The Morgan fingerprint density at radius 2 is 1.82 bits per heavy atom. The summed E-state index contributed by atoms with van der Waals surface area (Å²) in [5.74, 6) is 0.663. The van der Waals surface area contributed by atoms with Crippen LogP contribution in [0.3, 0.4) is 0 Å². The highest BCUT2D eigenvalue weighted by atomic mass is 16.5. The van der Waals surface area contributed by atoms with E-state index >= 15 is 0 Å². The quantitative estimate of drug-likeness (QED) is 0.562. The number of hydrogen-bond acceptors (Lipinski definition) is 3. The molecule has 0 aliphatic heterocycles. The Kier molecular flexibility index (Phi) is 4.81. The summed E-state index contributed by atoms with van der Waals surface area (Å²) in [7, 11) is 1.63. The number of fused-ring (bicyclic) bond motifs is 1. The lowest BCUT2D eigenvalue weighted by Crippen LogP contribution is -2.26. The Balaban J connectivity index is 1.53. The van der Waals surface area contributed by atoms with E-state index in [-0.39, 0.29) is 11.9 Å². The van der Waals surface area contributed by atoms with Gasteiger partial charge in [0.05, 0.1) is 18.8 Å². The maximum Gasteiger partial charge on any atom is 0.251 e. The van der Waals surface area contributed by atoms with Gasteiger partial charge in [0, 0.05) is 23.5 Å². The lowest BCUT2D eigenvalue weighted by Gasteiger charge is -2.15. The van der Waals surface area contributed by atoms with Crippen molar-refractivity contribution in [3.8, 4) is 17.0 Å². The number of imidazole rings is 1. The number of carbonyl (C=O) groups is 1. The summed E-state index contributed by atoms with van der Waals surface area (Å²) in [6, 6.07) is 21.2. The van der Waals surface area contributed by atoms with E-state index < -0.39 is 0 Å². The van der Waals surface area contributed by atoms with Crippen molar-refractivity contribution < 1.29 is 9.53 Å². The van der Waals surface area contributed by atoms with Crippen LogP contribution >= 0.6 is 0 Å². The molecule has 5 nitrogen and oxygen atoms in total. The largest absolute Gasteiger partial charge is 0.497 e. The van der Waals surface area contributed by atoms with E-state index in [1.54, 1.807) is 13.2 Å². The second-order valence-corrected chi connectivity index (χ2v) is 6.64. The van der Waals surface area contributed by atoms with Gasteiger partial charge in [0.15, 0.2) is 0 Å². The molecule has 2 aromatic heterocycles. The van der Waals surface area contributed by atoms with Gasteiger partial charge in [-0.2, -0.15) is 0 Å². The van der Waals surface area contributed by atoms with E-state index in [9.17, 15) is 4.79 Å². The van der Waals surface area contributed by atoms with Crippen molar-refractivity contribution in [1.29, 1.82) is 0 Å². The molecule has 2 heterocycles. The highest BCUT2D eigenvalue weighted by Crippen LogP contribution is 2.20. The predicted octanol–water partition coefficient (Wildman–Crippen LogP) is 4.50. The van der Waals surface area contributed by atoms with Crippen molar-refractivity contribution in [2.75, 3.05) is 7.11 Å². The zero-order valence-electron chi connectivity index (χ0n) is 15.8. The fourth-order valence-corrected chi connectivity index (χ4v) is 3.13. The number of rotatable bonds is 5. The number of nitrogens with zero attached hydrogens (tertiary/aromatic N) is 2. The Bertz CT molecular complexity index is 1100. The number of carbonyl (C=O) groups excluding carboxylic acids is 1. The van der Waals surface area contributed by atoms with Gasteiger partial charge in [-0.3, -0.25) is 4.79 Å². The summed E-state index contributed by atoms with van der Waals surface area (Å²) in [5, 5.41) is 3.04. The van der Waals surface area contributed by atoms with Crippen LogP contribution < -0.4 is 10.1 Å². The third-order valence-corrected chi connectivity index (χ3v) is 4.76. The summed E-state index contributed by atoms with van der Waals surface area (Å²) in [4.78, 5) is 17.4. The van der Waals surface area contributed by atoms with Crippen molar-refractivity contribution in [1.82, 2.24) is 14.7 Å². The van der Waals surface area contributed by atoms with Gasteiger partial charge in [-0.05, 0) is 36.8 Å². The lowest BCUT2D eigenvalue weighted by atomic mass is 10.1. The van der Waals surface area contributed by atoms with E-state index in [1.807, 2.05) is 84.4 Å². The molecule has 0 aliphatic carbocycles. The number of hydrogen-bond donors (Lipinski definition) is 1. The molecule has 0 aliphatic rings. The van der Waals surface area contributed by atoms with Crippen LogP contribution in [0.25, 0.3) is 16.9 Å². The van der Waals surface area contributed by atoms with E-state index in [0.717, 1.165) is 28.2 Å². The number of aromatic nitrogens is 2. The highest BCUT2D eigenvalue weighted by Gasteiger charge is 2.13. The Labute approximate surface area is 163 Å². The number of methoxy groups -OCH3 is 1. The summed E-state index contributed by atoms with van der Waals surface area (Å²) >= 11 is 0. The van der Waals surface area contributed by atoms with Gasteiger partial charge in [-0.1, -0.05) is 42.5 Å². The van der Waals surface area contributed by atoms with E-state index in [1.165, 1.54) is 0 Å². The molecule has 0 saturated heterocycles. The molecule has 28 heavy (non-hydrogen) atoms. The number of pyridine rings is 1. The Morgan fingerprint density at radius 1 is 1.07 bits per heavy atom. The second-order valence-electron chi connectivity index (χ2n) is 6.64. The topological polar surface area (TPSA) is 55.6 Å². The fraction of sp³-hybridized carbons (Fsp3) is 0.130. The van der Waals surface area contributed by atoms with Crippen LogP contribution in [0.15, 0.2) is 79.1 Å². The SMILES string of the molecule is COc1ccc(C(C)NC(=O)c2ccn3cc(-c4ccccc4)nc3c2)cc1. The number of amides is 1. The number of ether oxygens (including phenoxy) is 1. The molecule has 1 N–H and O–H groups in total. The van der Waals surface area contributed by atoms with Crippen molar-refractivity contribution >= 4 is 11.6 Å². The molecule has 140 valence electrons. The third-order valence-electron chi connectivity index (χ3n) is 4.76. The van der Waals surface area contributed by atoms with Gasteiger partial charge in [0.2, 0.25) is 0 Å². The van der Waals surface area contributed by atoms with Crippen LogP contribution in [0.1, 0.15) is 28.9 Å². The van der Waals surface area contributed by atoms with Gasteiger partial charge in [-0.25, -0.2) is 4.98 Å². The zero-order chi connectivity index (χ0) is 19.5. The molecule has 0 fully saturated rings. The first-order valence-corrected chi connectivity index (χ1v) is 9.13. The fourth-order valence-electron chi connectivity index (χ4n) is 3.13. The molecule has 4 rings (SSSR count). The molecule has 0 radical (unpaired) electrons. The molecule has 4 aromatic rings. The van der Waals surface area contributed by atoms with Gasteiger partial charge in [-0.15, -0.1) is 0 Å². The first-order chi connectivity index (χ1) is 13.6. The zero-order valence-corrected chi connectivity index (χ0v) is 15.8. The lowest BCUT2D eigenvalue weighted by molar-refractivity contribution is 0.0940. The molecular weight excluding hydrogens is 350 g/mol. The standard InChI is InChI=1S/C23H21N3O2/c1-16(17-8-10-20(28-2)11-9-17)24-23(27)19-12-13-26-15-21(25-22(26)14-19)18-6-4-3-5-7-18/h3-16H,1-2H3,(H,24,27). The predicted molar refractivity (Wildman–Crippen MR) is 110 cm³/mol. The molecular formula is C23H21N3O2. The van der Waals surface area contributed by atoms with Gasteiger partial charge >= 0.3 is 0 Å². The van der Waals surface area contributed by atoms with Crippen LogP contribution in [0.2, 0.25) is 0 Å². The minimum Gasteiger partial charge on any atom is -0.497 e. The van der Waals surface area contributed by atoms with Crippen molar-refractivity contribution in [2.24, 2.45) is 0 Å². The molecule has 0 bridgehead atoms. The maximum absolute atomic E-state index is 12.7. The van der Waals surface area contributed by atoms with Gasteiger partial charge in [0.25, 0.3) is 5.91 Å². The van der Waals surface area contributed by atoms with Crippen LogP contribution in [-0.4, -0.2) is 22.4 Å². The van der Waals surface area contributed by atoms with Crippen LogP contribution in [-0.2, 0) is 0 Å². The normalized spacial score (nSPS) is 11.9. The number of benzene rings is 2. The maximum atomic E-state index is 12.7. The van der Waals surface area contributed by atoms with Gasteiger partial charge < -0.3 is 14.5 Å². The highest BCUT2D eigenvalue weighted by molar-refractivity contribution is 5.95. The first-order valence-electron chi connectivity index (χ1n) is 9.13. The van der Waals surface area contributed by atoms with Crippen molar-refractivity contribution in [2.45, 2.75) is 13.0 Å². The van der Waals surface area contributed by atoms with E-state index in [4.69, 9.17) is 4.74 Å².